The van der Waals surface area contributed by atoms with Gasteiger partial charge in [-0.3, -0.25) is 5.32 Å². The van der Waals surface area contributed by atoms with E-state index in [0.29, 0.717) is 5.92 Å². The minimum Gasteiger partial charge on any atom is -0.455 e. The third kappa shape index (κ3) is 5.29. The second kappa shape index (κ2) is 13.3. The summed E-state index contributed by atoms with van der Waals surface area (Å²) in [6, 6.07) is 48.4. The summed E-state index contributed by atoms with van der Waals surface area (Å²) >= 11 is 1.86. The summed E-state index contributed by atoms with van der Waals surface area (Å²) in [4.78, 5) is 5.35. The van der Waals surface area contributed by atoms with Gasteiger partial charge < -0.3 is 14.3 Å². The monoisotopic (exact) mass is 768 g/mol. The molecule has 0 spiro atoms. The van der Waals surface area contributed by atoms with E-state index in [1.807, 2.05) is 11.3 Å². The smallest absolute Gasteiger partial charge is 0.143 e. The highest BCUT2D eigenvalue weighted by atomic mass is 32.1. The van der Waals surface area contributed by atoms with Gasteiger partial charge in [-0.1, -0.05) is 128 Å². The zero-order chi connectivity index (χ0) is 38.3. The van der Waals surface area contributed by atoms with Crippen LogP contribution in [0.4, 0.5) is 0 Å². The van der Waals surface area contributed by atoms with Gasteiger partial charge in [-0.2, -0.15) is 0 Å². The third-order valence-electron chi connectivity index (χ3n) is 12.3. The van der Waals surface area contributed by atoms with Crippen molar-refractivity contribution in [1.82, 2.24) is 15.2 Å². The molecule has 3 aromatic heterocycles. The Balaban J connectivity index is 1.04. The molecular weight excluding hydrogens is 729 g/mol. The predicted molar refractivity (Wildman–Crippen MR) is 243 cm³/mol. The van der Waals surface area contributed by atoms with E-state index in [0.717, 1.165) is 69.1 Å². The maximum atomic E-state index is 7.16. The van der Waals surface area contributed by atoms with Crippen molar-refractivity contribution >= 4 is 81.8 Å². The highest BCUT2D eigenvalue weighted by Crippen LogP contribution is 2.43. The molecule has 6 aromatic carbocycles. The Bertz CT molecular complexity index is 3310. The Morgan fingerprint density at radius 2 is 1.48 bits per heavy atom. The quantitative estimate of drug-likeness (QED) is 0.183. The van der Waals surface area contributed by atoms with Crippen molar-refractivity contribution < 1.29 is 4.42 Å². The van der Waals surface area contributed by atoms with Gasteiger partial charge in [0.25, 0.3) is 0 Å². The lowest BCUT2D eigenvalue weighted by Crippen LogP contribution is -2.53. The molecule has 4 heterocycles. The molecule has 9 aromatic rings. The fraction of sp³-hybridized carbons (Fsp3) is 0.135. The maximum Gasteiger partial charge on any atom is 0.143 e. The zero-order valence-corrected chi connectivity index (χ0v) is 32.9. The van der Waals surface area contributed by atoms with E-state index in [2.05, 4.69) is 180 Å². The van der Waals surface area contributed by atoms with Crippen LogP contribution in [0.5, 0.6) is 0 Å². The standard InChI is InChI=1S/C52H40N4OS/c1-31-24-26-33(27-25-31)51-53-50(32-12-3-2-4-13-32)54-52(55-51)41-20-10-19-40-39-18-9-17-38(48(39)57-49(40)41)37-16-11-23-46-47(37)42-30-34(28-29-45(42)58-46)56-43-21-7-5-14-35(43)36-15-6-8-22-44(36)56/h2-9,11-19,21-24,26-31,50-51,53H,10,20,25H2,1H3,(H,54,55). The van der Waals surface area contributed by atoms with E-state index in [1.165, 1.54) is 53.1 Å². The van der Waals surface area contributed by atoms with Gasteiger partial charge in [0, 0.05) is 58.4 Å². The van der Waals surface area contributed by atoms with Crippen LogP contribution < -0.4 is 21.3 Å². The number of amidine groups is 1. The van der Waals surface area contributed by atoms with Crippen molar-refractivity contribution in [3.8, 4) is 16.8 Å². The van der Waals surface area contributed by atoms with Gasteiger partial charge in [-0.25, -0.2) is 4.99 Å². The average molecular weight is 769 g/mol. The molecule has 12 rings (SSSR count). The summed E-state index contributed by atoms with van der Waals surface area (Å²) in [7, 11) is 0. The zero-order valence-electron chi connectivity index (χ0n) is 32.1. The predicted octanol–water partition coefficient (Wildman–Crippen LogP) is 11.4. The van der Waals surface area contributed by atoms with Crippen molar-refractivity contribution in [3.63, 3.8) is 0 Å². The molecule has 3 aliphatic rings. The van der Waals surface area contributed by atoms with E-state index in [4.69, 9.17) is 9.41 Å². The molecule has 1 aliphatic heterocycles. The van der Waals surface area contributed by atoms with Gasteiger partial charge >= 0.3 is 0 Å². The van der Waals surface area contributed by atoms with Crippen LogP contribution in [0.15, 0.2) is 167 Å². The molecule has 5 nitrogen and oxygen atoms in total. The molecule has 0 fully saturated rings. The molecule has 0 amide bonds. The summed E-state index contributed by atoms with van der Waals surface area (Å²) in [5.41, 5.74) is 11.3. The van der Waals surface area contributed by atoms with Gasteiger partial charge in [0.05, 0.1) is 11.0 Å². The molecule has 3 atom stereocenters. The molecular formula is C52H40N4OS. The Hall–Kier alpha value is -6.47. The molecule has 2 aliphatic carbocycles. The minimum atomic E-state index is -0.185. The van der Waals surface area contributed by atoms with E-state index in [-0.39, 0.29) is 12.3 Å². The number of hydrogen-bond donors (Lipinski definition) is 2. The van der Waals surface area contributed by atoms with E-state index in [1.54, 1.807) is 0 Å². The van der Waals surface area contributed by atoms with Crippen LogP contribution in [0.1, 0.15) is 37.9 Å². The summed E-state index contributed by atoms with van der Waals surface area (Å²) in [6.45, 7) is 2.27. The van der Waals surface area contributed by atoms with E-state index >= 15 is 0 Å². The molecule has 280 valence electrons. The summed E-state index contributed by atoms with van der Waals surface area (Å²) in [6.07, 6.45) is 11.8. The largest absolute Gasteiger partial charge is 0.455 e. The van der Waals surface area contributed by atoms with Gasteiger partial charge in [0.2, 0.25) is 0 Å². The number of para-hydroxylation sites is 3. The van der Waals surface area contributed by atoms with Crippen LogP contribution in [0.3, 0.4) is 0 Å². The first-order chi connectivity index (χ1) is 28.7. The van der Waals surface area contributed by atoms with Crippen molar-refractivity contribution in [3.05, 3.63) is 173 Å². The first-order valence-corrected chi connectivity index (χ1v) is 21.2. The van der Waals surface area contributed by atoms with Crippen molar-refractivity contribution in [2.45, 2.75) is 38.5 Å². The summed E-state index contributed by atoms with van der Waals surface area (Å²) < 4.78 is 12.1. The van der Waals surface area contributed by atoms with Crippen molar-refractivity contribution in [2.75, 3.05) is 0 Å². The Labute approximate surface area is 339 Å². The topological polar surface area (TPSA) is 54.5 Å². The summed E-state index contributed by atoms with van der Waals surface area (Å²) in [5.74, 6) is 1.45. The van der Waals surface area contributed by atoms with Crippen LogP contribution in [0.25, 0.3) is 81.4 Å². The first kappa shape index (κ1) is 33.6. The average Bonchev–Trinajstić information content (AvgIpc) is 3.96. The van der Waals surface area contributed by atoms with Crippen LogP contribution in [-0.4, -0.2) is 16.6 Å². The molecule has 58 heavy (non-hydrogen) atoms. The Kier molecular flexibility index (Phi) is 7.72. The number of aliphatic imine (C=N–C) groups is 1. The fourth-order valence-corrected chi connectivity index (χ4v) is 10.6. The molecule has 6 heteroatoms. The number of allylic oxidation sites excluding steroid dienone is 2. The fourth-order valence-electron chi connectivity index (χ4n) is 9.51. The summed E-state index contributed by atoms with van der Waals surface area (Å²) in [5, 5.41) is 15.0. The molecule has 0 bridgehead atoms. The third-order valence-corrected chi connectivity index (χ3v) is 13.5. The van der Waals surface area contributed by atoms with Crippen LogP contribution >= 0.6 is 11.3 Å². The molecule has 0 saturated carbocycles. The lowest BCUT2D eigenvalue weighted by atomic mass is 9.95. The lowest BCUT2D eigenvalue weighted by Gasteiger charge is -2.34. The number of hydrogen-bond acceptors (Lipinski definition) is 5. The number of furan rings is 1. The second-order valence-electron chi connectivity index (χ2n) is 15.9. The van der Waals surface area contributed by atoms with Crippen LogP contribution in [0, 0.1) is 5.92 Å². The van der Waals surface area contributed by atoms with Gasteiger partial charge in [0.1, 0.15) is 29.2 Å². The van der Waals surface area contributed by atoms with Crippen molar-refractivity contribution in [1.29, 1.82) is 0 Å². The number of fused-ring (bicyclic) bond motifs is 9. The highest BCUT2D eigenvalue weighted by Gasteiger charge is 2.29. The number of benzene rings is 6. The molecule has 2 N–H and O–H groups in total. The Morgan fingerprint density at radius 3 is 2.29 bits per heavy atom. The first-order valence-electron chi connectivity index (χ1n) is 20.4. The highest BCUT2D eigenvalue weighted by molar-refractivity contribution is 7.26. The van der Waals surface area contributed by atoms with E-state index < -0.39 is 0 Å². The van der Waals surface area contributed by atoms with Gasteiger partial charge in [0.15, 0.2) is 0 Å². The molecule has 3 unspecified atom stereocenters. The number of rotatable bonds is 5. The number of thiophene rings is 1. The molecule has 0 saturated heterocycles. The number of nitrogens with zero attached hydrogens (tertiary/aromatic N) is 2. The second-order valence-corrected chi connectivity index (χ2v) is 17.0. The van der Waals surface area contributed by atoms with Crippen molar-refractivity contribution in [2.24, 2.45) is 10.9 Å². The van der Waals surface area contributed by atoms with Crippen LogP contribution in [-0.2, 0) is 0 Å². The number of nitrogens with one attached hydrogen (secondary N) is 2. The maximum absolute atomic E-state index is 7.16. The van der Waals surface area contributed by atoms with Crippen LogP contribution in [0.2, 0.25) is 0 Å². The Morgan fingerprint density at radius 1 is 0.724 bits per heavy atom. The number of aromatic nitrogens is 1. The van der Waals surface area contributed by atoms with E-state index in [9.17, 15) is 0 Å². The van der Waals surface area contributed by atoms with Gasteiger partial charge in [-0.05, 0) is 78.3 Å². The lowest BCUT2D eigenvalue weighted by molar-refractivity contribution is 0.439. The minimum absolute atomic E-state index is 0.0693. The normalized spacial score (nSPS) is 19.4. The molecule has 0 radical (unpaired) electrons. The van der Waals surface area contributed by atoms with Gasteiger partial charge in [-0.15, -0.1) is 11.3 Å². The SMILES string of the molecule is CC1C=CC(C2NC(C3=c4oc5c(-c6cccc7sc8ccc(-n9c%10ccccc%10c%10ccccc%109)cc8c67)cccc5c4=CCC3)=NC(c3ccccc3)N2)=CC1.